The predicted octanol–water partition coefficient (Wildman–Crippen LogP) is 4.63. The summed E-state index contributed by atoms with van der Waals surface area (Å²) in [7, 11) is 5.48. The van der Waals surface area contributed by atoms with Crippen molar-refractivity contribution in [1.82, 2.24) is 24.3 Å². The zero-order chi connectivity index (χ0) is 27.4. The Morgan fingerprint density at radius 2 is 1.89 bits per heavy atom. The Morgan fingerprint density at radius 1 is 1.16 bits per heavy atom. The van der Waals surface area contributed by atoms with E-state index in [2.05, 4.69) is 10.3 Å². The number of likely N-dealkylation sites (N-methyl/N-ethyl adjacent to an activating group) is 1. The van der Waals surface area contributed by atoms with Gasteiger partial charge in [0.05, 0.1) is 29.2 Å². The first kappa shape index (κ1) is 27.6. The molecule has 10 heteroatoms. The van der Waals surface area contributed by atoms with Crippen LogP contribution in [0.2, 0.25) is 5.02 Å². The minimum absolute atomic E-state index is 0.0174. The Bertz CT molecular complexity index is 1350. The smallest absolute Gasteiger partial charge is 0.258 e. The van der Waals surface area contributed by atoms with Gasteiger partial charge in [-0.05, 0) is 65.4 Å². The molecule has 1 unspecified atom stereocenters. The lowest BCUT2D eigenvalue weighted by molar-refractivity contribution is -0.126. The third-order valence-electron chi connectivity index (χ3n) is 6.59. The molecular formula is C28H35ClN6O3. The number of amides is 2. The van der Waals surface area contributed by atoms with Crippen molar-refractivity contribution in [3.63, 3.8) is 0 Å². The number of fused-ring (bicyclic) bond motifs is 1. The van der Waals surface area contributed by atoms with Crippen molar-refractivity contribution in [2.75, 3.05) is 46.2 Å². The van der Waals surface area contributed by atoms with E-state index in [0.29, 0.717) is 47.4 Å². The number of nitrogens with zero attached hydrogens (tertiary/aromatic N) is 5. The highest BCUT2D eigenvalue weighted by molar-refractivity contribution is 6.32. The molecule has 1 N–H and O–H groups in total. The summed E-state index contributed by atoms with van der Waals surface area (Å²) in [4.78, 5) is 39.4. The number of rotatable bonds is 7. The molecule has 0 radical (unpaired) electrons. The number of hydrogen-bond acceptors (Lipinski definition) is 6. The van der Waals surface area contributed by atoms with E-state index in [-0.39, 0.29) is 17.9 Å². The third-order valence-corrected chi connectivity index (χ3v) is 6.88. The van der Waals surface area contributed by atoms with Crippen molar-refractivity contribution >= 4 is 40.4 Å². The van der Waals surface area contributed by atoms with Crippen LogP contribution in [0.5, 0.6) is 5.75 Å². The van der Waals surface area contributed by atoms with E-state index in [9.17, 15) is 9.59 Å². The van der Waals surface area contributed by atoms with E-state index in [1.807, 2.05) is 54.5 Å². The Balaban J connectivity index is 1.72. The summed E-state index contributed by atoms with van der Waals surface area (Å²) >= 11 is 6.52. The van der Waals surface area contributed by atoms with Crippen molar-refractivity contribution in [1.29, 1.82) is 0 Å². The normalized spacial score (nSPS) is 16.3. The number of ether oxygens (including phenoxy) is 1. The molecule has 202 valence electrons. The number of methoxy groups -OCH3 is 1. The summed E-state index contributed by atoms with van der Waals surface area (Å²) in [5.74, 6) is 0.618. The number of hydrogen-bond donors (Lipinski definition) is 1. The molecule has 38 heavy (non-hydrogen) atoms. The van der Waals surface area contributed by atoms with Crippen molar-refractivity contribution in [2.45, 2.75) is 39.2 Å². The molecule has 1 saturated heterocycles. The van der Waals surface area contributed by atoms with Crippen LogP contribution in [0.1, 0.15) is 47.1 Å². The number of benzene rings is 1. The lowest BCUT2D eigenvalue weighted by atomic mass is 10.1. The summed E-state index contributed by atoms with van der Waals surface area (Å²) in [6.45, 7) is 5.59. The van der Waals surface area contributed by atoms with Crippen molar-refractivity contribution in [2.24, 2.45) is 0 Å². The molecule has 3 aromatic rings. The summed E-state index contributed by atoms with van der Waals surface area (Å²) < 4.78 is 7.42. The molecule has 2 amide bonds. The van der Waals surface area contributed by atoms with Gasteiger partial charge in [-0.3, -0.25) is 19.9 Å². The maximum Gasteiger partial charge on any atom is 0.258 e. The molecule has 1 aliphatic heterocycles. The number of carbonyl (C=O) groups excluding carboxylic acids is 2. The number of halogens is 1. The van der Waals surface area contributed by atoms with Gasteiger partial charge in [0.15, 0.2) is 0 Å². The van der Waals surface area contributed by atoms with Gasteiger partial charge >= 0.3 is 0 Å². The Morgan fingerprint density at radius 3 is 2.58 bits per heavy atom. The van der Waals surface area contributed by atoms with E-state index < -0.39 is 0 Å². The second-order valence-corrected chi connectivity index (χ2v) is 10.4. The zero-order valence-electron chi connectivity index (χ0n) is 22.6. The van der Waals surface area contributed by atoms with Gasteiger partial charge in [0.2, 0.25) is 11.9 Å². The molecule has 1 aliphatic rings. The van der Waals surface area contributed by atoms with Gasteiger partial charge in [-0.25, -0.2) is 4.98 Å². The summed E-state index contributed by atoms with van der Waals surface area (Å²) in [6, 6.07) is 6.98. The van der Waals surface area contributed by atoms with Gasteiger partial charge in [-0.1, -0.05) is 17.7 Å². The minimum atomic E-state index is -0.276. The fourth-order valence-corrected chi connectivity index (χ4v) is 5.09. The molecule has 3 heterocycles. The van der Waals surface area contributed by atoms with Crippen LogP contribution in [0.4, 0.5) is 5.95 Å². The molecule has 2 aromatic heterocycles. The molecule has 1 atom stereocenters. The first-order valence-electron chi connectivity index (χ1n) is 12.8. The number of likely N-dealkylation sites (tertiary alicyclic amines) is 1. The highest BCUT2D eigenvalue weighted by atomic mass is 35.5. The molecule has 0 spiro atoms. The summed E-state index contributed by atoms with van der Waals surface area (Å²) in [6.07, 6.45) is 6.20. The average molecular weight is 539 g/mol. The van der Waals surface area contributed by atoms with E-state index in [4.69, 9.17) is 21.3 Å². The quantitative estimate of drug-likeness (QED) is 0.441. The molecule has 9 nitrogen and oxygen atoms in total. The van der Waals surface area contributed by atoms with Crippen LogP contribution in [0.15, 0.2) is 36.4 Å². The molecule has 4 rings (SSSR count). The fourth-order valence-electron chi connectivity index (χ4n) is 4.85. The highest BCUT2D eigenvalue weighted by Gasteiger charge is 2.27. The first-order chi connectivity index (χ1) is 18.2. The van der Waals surface area contributed by atoms with Crippen LogP contribution in [0, 0.1) is 13.8 Å². The average Bonchev–Trinajstić information content (AvgIpc) is 3.01. The topological polar surface area (TPSA) is 92.6 Å². The Hall–Kier alpha value is -3.43. The fraction of sp³-hybridized carbons (Fsp3) is 0.429. The minimum Gasteiger partial charge on any atom is -0.495 e. The van der Waals surface area contributed by atoms with Gasteiger partial charge in [-0.2, -0.15) is 0 Å². The maximum atomic E-state index is 13.3. The molecular weight excluding hydrogens is 504 g/mol. The van der Waals surface area contributed by atoms with E-state index >= 15 is 0 Å². The lowest BCUT2D eigenvalue weighted by Crippen LogP contribution is -2.34. The van der Waals surface area contributed by atoms with Crippen LogP contribution in [-0.2, 0) is 4.79 Å². The third kappa shape index (κ3) is 6.34. The zero-order valence-corrected chi connectivity index (χ0v) is 23.4. The number of pyridine rings is 1. The maximum absolute atomic E-state index is 13.3. The van der Waals surface area contributed by atoms with Crippen LogP contribution < -0.4 is 10.1 Å². The van der Waals surface area contributed by atoms with E-state index in [1.165, 1.54) is 0 Å². The van der Waals surface area contributed by atoms with Gasteiger partial charge in [0.25, 0.3) is 5.91 Å². The second-order valence-electron chi connectivity index (χ2n) is 9.97. The van der Waals surface area contributed by atoms with Crippen molar-refractivity contribution in [3.8, 4) is 5.75 Å². The van der Waals surface area contributed by atoms with Crippen LogP contribution in [0.3, 0.4) is 0 Å². The Kier molecular flexibility index (Phi) is 8.69. The van der Waals surface area contributed by atoms with Crippen LogP contribution >= 0.6 is 11.6 Å². The molecule has 0 aliphatic carbocycles. The van der Waals surface area contributed by atoms with Gasteiger partial charge < -0.3 is 19.1 Å². The summed E-state index contributed by atoms with van der Waals surface area (Å²) in [5, 5.41) is 3.47. The largest absolute Gasteiger partial charge is 0.495 e. The monoisotopic (exact) mass is 538 g/mol. The predicted molar refractivity (Wildman–Crippen MR) is 150 cm³/mol. The van der Waals surface area contributed by atoms with Gasteiger partial charge in [-0.15, -0.1) is 0 Å². The van der Waals surface area contributed by atoms with Gasteiger partial charge in [0, 0.05) is 48.7 Å². The van der Waals surface area contributed by atoms with Crippen LogP contribution in [-0.4, -0.2) is 77.0 Å². The standard InChI is InChI=1S/C28H35ClN6O3/c1-18-13-20(14-19(2)30-18)27(37)32-28-31-23-16-25(38-5)22(29)15-24(23)35(28)21-9-6-7-12-34(17-21)26(36)10-8-11-33(3)4/h8,10,13-16,21H,6-7,9,11-12,17H2,1-5H3,(H,31,32,37)/b10-8+. The summed E-state index contributed by atoms with van der Waals surface area (Å²) in [5.41, 5.74) is 3.46. The Labute approximate surface area is 228 Å². The number of anilines is 1. The lowest BCUT2D eigenvalue weighted by Gasteiger charge is -2.26. The van der Waals surface area contributed by atoms with Gasteiger partial charge in [0.1, 0.15) is 5.75 Å². The van der Waals surface area contributed by atoms with E-state index in [1.54, 1.807) is 31.4 Å². The first-order valence-corrected chi connectivity index (χ1v) is 13.2. The number of nitrogens with one attached hydrogen (secondary N) is 1. The number of aromatic nitrogens is 3. The molecule has 0 saturated carbocycles. The number of imidazole rings is 1. The van der Waals surface area contributed by atoms with Crippen molar-refractivity contribution in [3.05, 3.63) is 58.4 Å². The SMILES string of the molecule is COc1cc2nc(NC(=O)c3cc(C)nc(C)c3)n(C3CCCCN(C(=O)/C=C/CN(C)C)C3)c2cc1Cl. The molecule has 0 bridgehead atoms. The van der Waals surface area contributed by atoms with Crippen LogP contribution in [0.25, 0.3) is 11.0 Å². The highest BCUT2D eigenvalue weighted by Crippen LogP contribution is 2.35. The van der Waals surface area contributed by atoms with E-state index in [0.717, 1.165) is 36.2 Å². The van der Waals surface area contributed by atoms with Crippen molar-refractivity contribution < 1.29 is 14.3 Å². The second kappa shape index (κ2) is 12.0. The molecule has 1 fully saturated rings. The molecule has 1 aromatic carbocycles. The number of aryl methyl sites for hydroxylation is 2. The number of carbonyl (C=O) groups is 2.